The summed E-state index contributed by atoms with van der Waals surface area (Å²) in [6, 6.07) is 26.9. The maximum Gasteiger partial charge on any atom is 0.277 e. The summed E-state index contributed by atoms with van der Waals surface area (Å²) in [6.45, 7) is 2.13. The molecule has 4 rings (SSSR count). The average Bonchev–Trinajstić information content (AvgIpc) is 3.26. The second kappa shape index (κ2) is 10.1. The van der Waals surface area contributed by atoms with Crippen LogP contribution in [0.5, 0.6) is 11.5 Å². The van der Waals surface area contributed by atoms with Crippen molar-refractivity contribution in [2.24, 2.45) is 0 Å². The van der Waals surface area contributed by atoms with Crippen molar-refractivity contribution in [1.29, 1.82) is 0 Å². The lowest BCUT2D eigenvalue weighted by Gasteiger charge is -2.08. The Labute approximate surface area is 185 Å². The van der Waals surface area contributed by atoms with Crippen LogP contribution in [0.2, 0.25) is 0 Å². The first-order valence-corrected chi connectivity index (χ1v) is 11.0. The second-order valence-electron chi connectivity index (χ2n) is 7.13. The molecule has 0 saturated heterocycles. The van der Waals surface area contributed by atoms with E-state index in [0.717, 1.165) is 5.75 Å². The maximum atomic E-state index is 12.5. The van der Waals surface area contributed by atoms with E-state index < -0.39 is 0 Å². The van der Waals surface area contributed by atoms with E-state index in [2.05, 4.69) is 29.3 Å². The summed E-state index contributed by atoms with van der Waals surface area (Å²) < 4.78 is 11.5. The van der Waals surface area contributed by atoms with Crippen LogP contribution in [0.15, 0.2) is 94.6 Å². The van der Waals surface area contributed by atoms with E-state index in [4.69, 9.17) is 9.15 Å². The molecule has 0 aliphatic heterocycles. The Morgan fingerprint density at radius 1 is 0.903 bits per heavy atom. The molecule has 0 saturated carbocycles. The molecule has 1 aromatic heterocycles. The summed E-state index contributed by atoms with van der Waals surface area (Å²) >= 11 is 1.25. The van der Waals surface area contributed by atoms with Crippen molar-refractivity contribution in [3.63, 3.8) is 0 Å². The van der Waals surface area contributed by atoms with Crippen molar-refractivity contribution in [2.75, 3.05) is 5.75 Å². The number of para-hydroxylation sites is 1. The van der Waals surface area contributed by atoms with Crippen molar-refractivity contribution in [3.05, 3.63) is 102 Å². The number of nitrogens with zero attached hydrogens (tertiary/aromatic N) is 2. The van der Waals surface area contributed by atoms with Gasteiger partial charge in [-0.15, -0.1) is 10.2 Å². The highest BCUT2D eigenvalue weighted by Gasteiger charge is 2.14. The second-order valence-corrected chi connectivity index (χ2v) is 8.06. The van der Waals surface area contributed by atoms with Crippen molar-refractivity contribution in [3.8, 4) is 11.5 Å². The number of benzene rings is 3. The summed E-state index contributed by atoms with van der Waals surface area (Å²) in [6.07, 6.45) is 0.661. The highest BCUT2D eigenvalue weighted by Crippen LogP contribution is 2.24. The Hall–Kier alpha value is -3.38. The standard InChI is InChI=1S/C25H22N2O3S/c1-18(19-8-4-2-5-9-19)16-24-26-27-25(30-24)31-17-23(28)20-12-14-22(15-13-20)29-21-10-6-3-7-11-21/h2-15,18H,16-17H2,1H3. The molecule has 0 amide bonds. The highest BCUT2D eigenvalue weighted by atomic mass is 32.2. The third kappa shape index (κ3) is 5.83. The molecular formula is C25H22N2O3S. The SMILES string of the molecule is CC(Cc1nnc(SCC(=O)c2ccc(Oc3ccccc3)cc2)o1)c1ccccc1. The van der Waals surface area contributed by atoms with Gasteiger partial charge in [0.05, 0.1) is 5.75 Å². The predicted octanol–water partition coefficient (Wildman–Crippen LogP) is 6.18. The quantitative estimate of drug-likeness (QED) is 0.233. The van der Waals surface area contributed by atoms with E-state index in [1.54, 1.807) is 24.3 Å². The minimum absolute atomic E-state index is 0.00587. The van der Waals surface area contributed by atoms with Gasteiger partial charge < -0.3 is 9.15 Å². The first-order valence-electron chi connectivity index (χ1n) is 10.0. The number of thioether (sulfide) groups is 1. The summed E-state index contributed by atoms with van der Waals surface area (Å²) in [7, 11) is 0. The number of carbonyl (C=O) groups is 1. The molecule has 1 heterocycles. The van der Waals surface area contributed by atoms with Crippen LogP contribution in [0.1, 0.15) is 34.7 Å². The fourth-order valence-electron chi connectivity index (χ4n) is 3.08. The van der Waals surface area contributed by atoms with Gasteiger partial charge in [-0.1, -0.05) is 67.2 Å². The van der Waals surface area contributed by atoms with Crippen molar-refractivity contribution in [2.45, 2.75) is 24.5 Å². The largest absolute Gasteiger partial charge is 0.457 e. The Morgan fingerprint density at radius 3 is 2.26 bits per heavy atom. The maximum absolute atomic E-state index is 12.5. The molecule has 6 heteroatoms. The Bertz CT molecular complexity index is 1110. The number of hydrogen-bond donors (Lipinski definition) is 0. The molecule has 0 radical (unpaired) electrons. The normalized spacial score (nSPS) is 11.8. The molecule has 1 unspecified atom stereocenters. The van der Waals surface area contributed by atoms with Gasteiger partial charge in [0, 0.05) is 12.0 Å². The van der Waals surface area contributed by atoms with Crippen molar-refractivity contribution in [1.82, 2.24) is 10.2 Å². The third-order valence-electron chi connectivity index (χ3n) is 4.78. The lowest BCUT2D eigenvalue weighted by Crippen LogP contribution is -2.02. The molecule has 5 nitrogen and oxygen atoms in total. The number of carbonyl (C=O) groups excluding carboxylic acids is 1. The lowest BCUT2D eigenvalue weighted by molar-refractivity contribution is 0.102. The molecule has 0 bridgehead atoms. The van der Waals surface area contributed by atoms with E-state index in [9.17, 15) is 4.79 Å². The number of hydrogen-bond acceptors (Lipinski definition) is 6. The van der Waals surface area contributed by atoms with Crippen LogP contribution >= 0.6 is 11.8 Å². The molecule has 0 N–H and O–H groups in total. The highest BCUT2D eigenvalue weighted by molar-refractivity contribution is 7.99. The molecule has 1 atom stereocenters. The average molecular weight is 431 g/mol. The van der Waals surface area contributed by atoms with Gasteiger partial charge in [-0.05, 0) is 47.9 Å². The topological polar surface area (TPSA) is 65.2 Å². The minimum atomic E-state index is -0.00587. The molecule has 0 fully saturated rings. The van der Waals surface area contributed by atoms with Crippen LogP contribution < -0.4 is 4.74 Å². The molecule has 3 aromatic carbocycles. The fourth-order valence-corrected chi connectivity index (χ4v) is 3.76. The van der Waals surface area contributed by atoms with Gasteiger partial charge in [-0.25, -0.2) is 0 Å². The Kier molecular flexibility index (Phi) is 6.79. The molecule has 4 aromatic rings. The molecular weight excluding hydrogens is 408 g/mol. The summed E-state index contributed by atoms with van der Waals surface area (Å²) in [5.74, 6) is 2.52. The van der Waals surface area contributed by atoms with Gasteiger partial charge in [0.2, 0.25) is 5.89 Å². The molecule has 156 valence electrons. The van der Waals surface area contributed by atoms with E-state index in [1.807, 2.05) is 48.5 Å². The monoisotopic (exact) mass is 430 g/mol. The van der Waals surface area contributed by atoms with E-state index in [-0.39, 0.29) is 17.5 Å². The van der Waals surface area contributed by atoms with Crippen LogP contribution in [0.25, 0.3) is 0 Å². The Balaban J connectivity index is 1.29. The van der Waals surface area contributed by atoms with Crippen LogP contribution in [0.4, 0.5) is 0 Å². The number of ketones is 1. The lowest BCUT2D eigenvalue weighted by atomic mass is 9.98. The van der Waals surface area contributed by atoms with Crippen LogP contribution in [-0.4, -0.2) is 21.7 Å². The number of aromatic nitrogens is 2. The predicted molar refractivity (Wildman–Crippen MR) is 121 cm³/mol. The fraction of sp³-hybridized carbons (Fsp3) is 0.160. The zero-order valence-corrected chi connectivity index (χ0v) is 17.9. The number of Topliss-reactive ketones (excluding diaryl/α,β-unsaturated/α-hetero) is 1. The van der Waals surface area contributed by atoms with Crippen molar-refractivity contribution >= 4 is 17.5 Å². The van der Waals surface area contributed by atoms with E-state index in [1.165, 1.54) is 17.3 Å². The van der Waals surface area contributed by atoms with Gasteiger partial charge in [0.1, 0.15) is 11.5 Å². The summed E-state index contributed by atoms with van der Waals surface area (Å²) in [5.41, 5.74) is 1.84. The van der Waals surface area contributed by atoms with Crippen LogP contribution in [0, 0.1) is 0 Å². The third-order valence-corrected chi connectivity index (χ3v) is 5.60. The van der Waals surface area contributed by atoms with Crippen LogP contribution in [0.3, 0.4) is 0 Å². The zero-order chi connectivity index (χ0) is 21.5. The van der Waals surface area contributed by atoms with E-state index >= 15 is 0 Å². The molecule has 0 aliphatic rings. The van der Waals surface area contributed by atoms with Crippen molar-refractivity contribution < 1.29 is 13.9 Å². The van der Waals surface area contributed by atoms with Gasteiger partial charge >= 0.3 is 0 Å². The van der Waals surface area contributed by atoms with Gasteiger partial charge in [0.25, 0.3) is 5.22 Å². The first kappa shape index (κ1) is 20.9. The number of ether oxygens (including phenoxy) is 1. The molecule has 31 heavy (non-hydrogen) atoms. The minimum Gasteiger partial charge on any atom is -0.457 e. The summed E-state index contributed by atoms with van der Waals surface area (Å²) in [4.78, 5) is 12.5. The smallest absolute Gasteiger partial charge is 0.277 e. The summed E-state index contributed by atoms with van der Waals surface area (Å²) in [5, 5.41) is 8.59. The van der Waals surface area contributed by atoms with Crippen LogP contribution in [-0.2, 0) is 6.42 Å². The van der Waals surface area contributed by atoms with Gasteiger partial charge in [-0.3, -0.25) is 4.79 Å². The first-order chi connectivity index (χ1) is 15.2. The Morgan fingerprint density at radius 2 is 1.55 bits per heavy atom. The number of rotatable bonds is 9. The van der Waals surface area contributed by atoms with E-state index in [0.29, 0.717) is 28.8 Å². The molecule has 0 aliphatic carbocycles. The van der Waals surface area contributed by atoms with Gasteiger partial charge in [-0.2, -0.15) is 0 Å². The van der Waals surface area contributed by atoms with Gasteiger partial charge in [0.15, 0.2) is 5.78 Å². The zero-order valence-electron chi connectivity index (χ0n) is 17.1. The molecule has 0 spiro atoms.